The molecule has 0 aromatic heterocycles. The number of carbonyl (C=O) groups excluding carboxylic acids is 1. The lowest BCUT2D eigenvalue weighted by Crippen LogP contribution is -2.41. The molecule has 0 saturated carbocycles. The summed E-state index contributed by atoms with van der Waals surface area (Å²) in [6.07, 6.45) is 0. The van der Waals surface area contributed by atoms with E-state index in [0.717, 1.165) is 12.1 Å². The third kappa shape index (κ3) is 2.88. The molecule has 0 aliphatic carbocycles. The average Bonchev–Trinajstić information content (AvgIpc) is 2.45. The number of halogens is 1. The normalized spacial score (nSPS) is 19.7. The molecule has 1 aliphatic heterocycles. The first-order valence-electron chi connectivity index (χ1n) is 6.23. The van der Waals surface area contributed by atoms with Gasteiger partial charge in [-0.3, -0.25) is 4.79 Å². The predicted octanol–water partition coefficient (Wildman–Crippen LogP) is 1.78. The molecule has 0 atom stereocenters. The van der Waals surface area contributed by atoms with Gasteiger partial charge in [-0.05, 0) is 31.5 Å². The van der Waals surface area contributed by atoms with Crippen LogP contribution in [0.5, 0.6) is 0 Å². The van der Waals surface area contributed by atoms with Gasteiger partial charge in [0.2, 0.25) is 5.91 Å². The van der Waals surface area contributed by atoms with Crippen molar-refractivity contribution in [3.05, 3.63) is 35.6 Å². The van der Waals surface area contributed by atoms with Crippen molar-refractivity contribution in [1.29, 1.82) is 0 Å². The Labute approximate surface area is 107 Å². The van der Waals surface area contributed by atoms with Crippen molar-refractivity contribution in [3.63, 3.8) is 0 Å². The fraction of sp³-hybridized carbons (Fsp3) is 0.500. The van der Waals surface area contributed by atoms with Crippen molar-refractivity contribution in [2.75, 3.05) is 19.6 Å². The molecule has 1 amide bonds. The molecule has 2 rings (SSSR count). The average molecular weight is 250 g/mol. The number of carbonyl (C=O) groups is 1. The predicted molar refractivity (Wildman–Crippen MR) is 68.5 cm³/mol. The molecular formula is C14H19FN2O. The second-order valence-electron chi connectivity index (χ2n) is 5.41. The Balaban J connectivity index is 2.12. The minimum Gasteiger partial charge on any atom is -0.337 e. The lowest BCUT2D eigenvalue weighted by molar-refractivity contribution is -0.139. The Morgan fingerprint density at radius 3 is 2.67 bits per heavy atom. The minimum absolute atomic E-state index is 0.150. The van der Waals surface area contributed by atoms with Crippen molar-refractivity contribution in [3.8, 4) is 0 Å². The Kier molecular flexibility index (Phi) is 3.66. The lowest BCUT2D eigenvalue weighted by atomic mass is 9.92. The topological polar surface area (TPSA) is 32.3 Å². The van der Waals surface area contributed by atoms with Gasteiger partial charge in [0.25, 0.3) is 0 Å². The van der Waals surface area contributed by atoms with E-state index >= 15 is 0 Å². The van der Waals surface area contributed by atoms with Gasteiger partial charge in [-0.15, -0.1) is 0 Å². The van der Waals surface area contributed by atoms with Gasteiger partial charge in [0.05, 0.1) is 5.41 Å². The fourth-order valence-electron chi connectivity index (χ4n) is 2.18. The standard InChI is InChI=1S/C14H19FN2O/c1-14(2)10-16-7-8-17(13(14)18)9-11-3-5-12(15)6-4-11/h3-6,16H,7-10H2,1-2H3. The quantitative estimate of drug-likeness (QED) is 0.868. The number of nitrogens with zero attached hydrogens (tertiary/aromatic N) is 1. The zero-order valence-corrected chi connectivity index (χ0v) is 10.9. The zero-order valence-electron chi connectivity index (χ0n) is 10.9. The summed E-state index contributed by atoms with van der Waals surface area (Å²) in [5.41, 5.74) is 0.582. The Hall–Kier alpha value is -1.42. The molecule has 1 saturated heterocycles. The van der Waals surface area contributed by atoms with Crippen LogP contribution >= 0.6 is 0 Å². The van der Waals surface area contributed by atoms with Crippen LogP contribution in [0.3, 0.4) is 0 Å². The van der Waals surface area contributed by atoms with Crippen molar-refractivity contribution in [2.45, 2.75) is 20.4 Å². The van der Waals surface area contributed by atoms with Crippen LogP contribution in [0.4, 0.5) is 4.39 Å². The van der Waals surface area contributed by atoms with E-state index in [0.29, 0.717) is 19.6 Å². The molecule has 98 valence electrons. The lowest BCUT2D eigenvalue weighted by Gasteiger charge is -2.28. The molecule has 0 bridgehead atoms. The molecule has 1 aromatic rings. The van der Waals surface area contributed by atoms with Crippen LogP contribution in [0.1, 0.15) is 19.4 Å². The van der Waals surface area contributed by atoms with E-state index in [-0.39, 0.29) is 17.1 Å². The van der Waals surface area contributed by atoms with Crippen molar-refractivity contribution >= 4 is 5.91 Å². The first-order valence-corrected chi connectivity index (χ1v) is 6.23. The van der Waals surface area contributed by atoms with Crippen LogP contribution in [-0.2, 0) is 11.3 Å². The maximum Gasteiger partial charge on any atom is 0.229 e. The van der Waals surface area contributed by atoms with E-state index in [2.05, 4.69) is 5.32 Å². The molecule has 1 heterocycles. The van der Waals surface area contributed by atoms with Gasteiger partial charge < -0.3 is 10.2 Å². The molecule has 0 spiro atoms. The van der Waals surface area contributed by atoms with Gasteiger partial charge in [0.1, 0.15) is 5.82 Å². The van der Waals surface area contributed by atoms with Gasteiger partial charge in [-0.25, -0.2) is 4.39 Å². The summed E-state index contributed by atoms with van der Waals surface area (Å²) in [5, 5.41) is 3.27. The number of benzene rings is 1. The van der Waals surface area contributed by atoms with E-state index in [1.165, 1.54) is 12.1 Å². The van der Waals surface area contributed by atoms with Crippen LogP contribution in [0.15, 0.2) is 24.3 Å². The first kappa shape index (κ1) is 13.0. The highest BCUT2D eigenvalue weighted by Crippen LogP contribution is 2.21. The number of amides is 1. The summed E-state index contributed by atoms with van der Waals surface area (Å²) in [6.45, 7) is 6.64. The molecule has 18 heavy (non-hydrogen) atoms. The summed E-state index contributed by atoms with van der Waals surface area (Å²) in [4.78, 5) is 14.2. The van der Waals surface area contributed by atoms with E-state index in [9.17, 15) is 9.18 Å². The molecule has 1 fully saturated rings. The van der Waals surface area contributed by atoms with Gasteiger partial charge in [0.15, 0.2) is 0 Å². The molecular weight excluding hydrogens is 231 g/mol. The second-order valence-corrected chi connectivity index (χ2v) is 5.41. The maximum absolute atomic E-state index is 12.8. The van der Waals surface area contributed by atoms with Crippen LogP contribution in [0.25, 0.3) is 0 Å². The number of rotatable bonds is 2. The van der Waals surface area contributed by atoms with Gasteiger partial charge in [0, 0.05) is 26.2 Å². The summed E-state index contributed by atoms with van der Waals surface area (Å²) >= 11 is 0. The van der Waals surface area contributed by atoms with Crippen molar-refractivity contribution < 1.29 is 9.18 Å². The number of hydrogen-bond acceptors (Lipinski definition) is 2. The van der Waals surface area contributed by atoms with Crippen LogP contribution in [0.2, 0.25) is 0 Å². The number of nitrogens with one attached hydrogen (secondary N) is 1. The molecule has 0 unspecified atom stereocenters. The van der Waals surface area contributed by atoms with E-state index < -0.39 is 0 Å². The third-order valence-corrected chi connectivity index (χ3v) is 3.28. The maximum atomic E-state index is 12.8. The minimum atomic E-state index is -0.378. The van der Waals surface area contributed by atoms with Crippen LogP contribution in [0, 0.1) is 11.2 Å². The SMILES string of the molecule is CC1(C)CNCCN(Cc2ccc(F)cc2)C1=O. The van der Waals surface area contributed by atoms with E-state index in [1.807, 2.05) is 18.7 Å². The Bertz CT molecular complexity index is 428. The summed E-state index contributed by atoms with van der Waals surface area (Å²) in [7, 11) is 0. The van der Waals surface area contributed by atoms with Crippen molar-refractivity contribution in [2.24, 2.45) is 5.41 Å². The van der Waals surface area contributed by atoms with E-state index in [4.69, 9.17) is 0 Å². The molecule has 1 N–H and O–H groups in total. The van der Waals surface area contributed by atoms with Crippen LogP contribution in [-0.4, -0.2) is 30.4 Å². The highest BCUT2D eigenvalue weighted by molar-refractivity contribution is 5.82. The monoisotopic (exact) mass is 250 g/mol. The van der Waals surface area contributed by atoms with Gasteiger partial charge in [-0.1, -0.05) is 12.1 Å². The summed E-state index contributed by atoms with van der Waals surface area (Å²) in [6, 6.07) is 6.32. The first-order chi connectivity index (χ1) is 8.49. The Morgan fingerprint density at radius 1 is 1.33 bits per heavy atom. The van der Waals surface area contributed by atoms with Gasteiger partial charge >= 0.3 is 0 Å². The number of hydrogen-bond donors (Lipinski definition) is 1. The molecule has 4 heteroatoms. The molecule has 1 aliphatic rings. The zero-order chi connectivity index (χ0) is 13.2. The van der Waals surface area contributed by atoms with Crippen LogP contribution < -0.4 is 5.32 Å². The molecule has 3 nitrogen and oxygen atoms in total. The van der Waals surface area contributed by atoms with Gasteiger partial charge in [-0.2, -0.15) is 0 Å². The second kappa shape index (κ2) is 5.06. The fourth-order valence-corrected chi connectivity index (χ4v) is 2.18. The molecule has 0 radical (unpaired) electrons. The third-order valence-electron chi connectivity index (χ3n) is 3.28. The highest BCUT2D eigenvalue weighted by atomic mass is 19.1. The Morgan fingerprint density at radius 2 is 2.00 bits per heavy atom. The van der Waals surface area contributed by atoms with Crippen molar-refractivity contribution in [1.82, 2.24) is 10.2 Å². The largest absolute Gasteiger partial charge is 0.337 e. The van der Waals surface area contributed by atoms with E-state index in [1.54, 1.807) is 12.1 Å². The smallest absolute Gasteiger partial charge is 0.229 e. The summed E-state index contributed by atoms with van der Waals surface area (Å²) < 4.78 is 12.8. The summed E-state index contributed by atoms with van der Waals surface area (Å²) in [5.74, 6) is -0.0974. The molecule has 1 aromatic carbocycles. The highest BCUT2D eigenvalue weighted by Gasteiger charge is 2.33.